The van der Waals surface area contributed by atoms with Gasteiger partial charge < -0.3 is 14.7 Å². The van der Waals surface area contributed by atoms with Gasteiger partial charge in [-0.25, -0.2) is 4.98 Å². The zero-order valence-electron chi connectivity index (χ0n) is 16.5. The molecule has 1 aliphatic rings. The number of fused-ring (bicyclic) bond motifs is 1. The van der Waals surface area contributed by atoms with E-state index in [-0.39, 0.29) is 31.4 Å². The molecule has 0 aliphatic carbocycles. The van der Waals surface area contributed by atoms with Gasteiger partial charge in [-0.2, -0.15) is 0 Å². The Labute approximate surface area is 184 Å². The number of halogens is 2. The molecular formula is C22H27Cl2N3O2. The topological polar surface area (TPSA) is 48.8 Å². The summed E-state index contributed by atoms with van der Waals surface area (Å²) in [5.74, 6) is 1.89. The second kappa shape index (κ2) is 10.6. The maximum atomic E-state index is 9.17. The molecule has 0 unspecified atom stereocenters. The monoisotopic (exact) mass is 435 g/mol. The normalized spacial score (nSPS) is 14.2. The minimum absolute atomic E-state index is 0. The zero-order valence-corrected chi connectivity index (χ0v) is 18.1. The van der Waals surface area contributed by atoms with Crippen LogP contribution in [0, 0.1) is 0 Å². The van der Waals surface area contributed by atoms with Crippen LogP contribution in [0.4, 0.5) is 5.82 Å². The first-order valence-corrected chi connectivity index (χ1v) is 9.41. The van der Waals surface area contributed by atoms with Crippen molar-refractivity contribution in [2.24, 2.45) is 0 Å². The minimum Gasteiger partial charge on any atom is -0.497 e. The Balaban J connectivity index is 0.00000150. The Bertz CT molecular complexity index is 914. The lowest BCUT2D eigenvalue weighted by Crippen LogP contribution is -2.47. The molecular weight excluding hydrogens is 409 g/mol. The number of aromatic nitrogens is 1. The number of β-amino-alcohol motifs (C(OH)–C–C–N with tert-alkyl or cyclic N) is 1. The van der Waals surface area contributed by atoms with E-state index in [1.165, 1.54) is 10.8 Å². The number of rotatable bonds is 5. The molecule has 29 heavy (non-hydrogen) atoms. The Hall–Kier alpha value is -2.05. The van der Waals surface area contributed by atoms with Crippen LogP contribution in [0.25, 0.3) is 22.0 Å². The highest BCUT2D eigenvalue weighted by atomic mass is 35.5. The van der Waals surface area contributed by atoms with Crippen LogP contribution in [0.2, 0.25) is 0 Å². The number of benzene rings is 2. The number of hydrogen-bond acceptors (Lipinski definition) is 5. The van der Waals surface area contributed by atoms with Crippen molar-refractivity contribution in [1.29, 1.82) is 0 Å². The van der Waals surface area contributed by atoms with Crippen LogP contribution in [0.5, 0.6) is 5.75 Å². The summed E-state index contributed by atoms with van der Waals surface area (Å²) in [6.45, 7) is 4.70. The average Bonchev–Trinajstić information content (AvgIpc) is 2.74. The van der Waals surface area contributed by atoms with E-state index in [4.69, 9.17) is 14.8 Å². The fourth-order valence-corrected chi connectivity index (χ4v) is 3.66. The van der Waals surface area contributed by atoms with Crippen molar-refractivity contribution >= 4 is 41.4 Å². The van der Waals surface area contributed by atoms with Crippen molar-refractivity contribution in [2.75, 3.05) is 51.3 Å². The van der Waals surface area contributed by atoms with Crippen LogP contribution in [-0.2, 0) is 0 Å². The number of pyridine rings is 1. The van der Waals surface area contributed by atoms with Crippen LogP contribution in [0.3, 0.4) is 0 Å². The number of ether oxygens (including phenoxy) is 1. The number of hydrogen-bond donors (Lipinski definition) is 1. The van der Waals surface area contributed by atoms with E-state index in [2.05, 4.69) is 52.3 Å². The first-order chi connectivity index (χ1) is 13.3. The van der Waals surface area contributed by atoms with Gasteiger partial charge in [0.05, 0.1) is 19.4 Å². The maximum absolute atomic E-state index is 9.17. The minimum atomic E-state index is 0. The second-order valence-corrected chi connectivity index (χ2v) is 6.83. The van der Waals surface area contributed by atoms with E-state index in [0.29, 0.717) is 0 Å². The molecule has 156 valence electrons. The van der Waals surface area contributed by atoms with Gasteiger partial charge in [0.25, 0.3) is 0 Å². The van der Waals surface area contributed by atoms with Gasteiger partial charge in [-0.3, -0.25) is 4.90 Å². The number of piperazine rings is 1. The molecule has 0 spiro atoms. The van der Waals surface area contributed by atoms with Gasteiger partial charge in [0.2, 0.25) is 0 Å². The van der Waals surface area contributed by atoms with Crippen LogP contribution in [-0.4, -0.2) is 61.4 Å². The Kier molecular flexibility index (Phi) is 8.53. The largest absolute Gasteiger partial charge is 0.497 e. The van der Waals surface area contributed by atoms with Crippen LogP contribution < -0.4 is 9.64 Å². The number of anilines is 1. The van der Waals surface area contributed by atoms with Crippen LogP contribution in [0.1, 0.15) is 0 Å². The summed E-state index contributed by atoms with van der Waals surface area (Å²) in [6.07, 6.45) is 0. The molecule has 0 saturated carbocycles. The highest BCUT2D eigenvalue weighted by Crippen LogP contribution is 2.31. The smallest absolute Gasteiger partial charge is 0.137 e. The van der Waals surface area contributed by atoms with Gasteiger partial charge >= 0.3 is 0 Å². The average molecular weight is 436 g/mol. The van der Waals surface area contributed by atoms with Gasteiger partial charge in [-0.1, -0.05) is 24.3 Å². The molecule has 0 bridgehead atoms. The molecule has 1 aliphatic heterocycles. The molecule has 2 aromatic carbocycles. The standard InChI is InChI=1S/C22H25N3O2.2ClH/c1-27-19-8-6-17(7-9-19)21-16-18-4-2-3-5-20(18)22(23-21)25-12-10-24(11-13-25)14-15-26;;/h2-9,16,26H,10-15H2,1H3;2*1H. The highest BCUT2D eigenvalue weighted by Gasteiger charge is 2.20. The third-order valence-corrected chi connectivity index (χ3v) is 5.19. The third-order valence-electron chi connectivity index (χ3n) is 5.19. The summed E-state index contributed by atoms with van der Waals surface area (Å²) >= 11 is 0. The van der Waals surface area contributed by atoms with E-state index in [1.807, 2.05) is 12.1 Å². The number of methoxy groups -OCH3 is 1. The quantitative estimate of drug-likeness (QED) is 0.658. The fourth-order valence-electron chi connectivity index (χ4n) is 3.66. The first kappa shape index (κ1) is 23.2. The van der Waals surface area contributed by atoms with Crippen molar-refractivity contribution in [3.8, 4) is 17.0 Å². The predicted octanol–water partition coefficient (Wildman–Crippen LogP) is 3.87. The lowest BCUT2D eigenvalue weighted by molar-refractivity contribution is 0.188. The maximum Gasteiger partial charge on any atom is 0.137 e. The molecule has 1 fully saturated rings. The Morgan fingerprint density at radius 2 is 1.66 bits per heavy atom. The molecule has 0 atom stereocenters. The van der Waals surface area contributed by atoms with Gasteiger partial charge in [0, 0.05) is 43.7 Å². The summed E-state index contributed by atoms with van der Waals surface area (Å²) in [7, 11) is 1.68. The zero-order chi connectivity index (χ0) is 18.6. The number of aliphatic hydroxyl groups excluding tert-OH is 1. The van der Waals surface area contributed by atoms with Crippen molar-refractivity contribution in [2.45, 2.75) is 0 Å². The van der Waals surface area contributed by atoms with Crippen molar-refractivity contribution in [3.63, 3.8) is 0 Å². The van der Waals surface area contributed by atoms with Crippen molar-refractivity contribution < 1.29 is 9.84 Å². The Morgan fingerprint density at radius 1 is 0.966 bits per heavy atom. The first-order valence-electron chi connectivity index (χ1n) is 9.41. The molecule has 4 rings (SSSR count). The molecule has 5 nitrogen and oxygen atoms in total. The molecule has 0 radical (unpaired) electrons. The molecule has 2 heterocycles. The molecule has 1 N–H and O–H groups in total. The second-order valence-electron chi connectivity index (χ2n) is 6.83. The van der Waals surface area contributed by atoms with Crippen LogP contribution >= 0.6 is 24.8 Å². The van der Waals surface area contributed by atoms with E-state index < -0.39 is 0 Å². The molecule has 1 aromatic heterocycles. The van der Waals surface area contributed by atoms with Crippen LogP contribution in [0.15, 0.2) is 54.6 Å². The highest BCUT2D eigenvalue weighted by molar-refractivity contribution is 5.95. The summed E-state index contributed by atoms with van der Waals surface area (Å²) in [6, 6.07) is 18.6. The predicted molar refractivity (Wildman–Crippen MR) is 124 cm³/mol. The van der Waals surface area contributed by atoms with Crippen molar-refractivity contribution in [3.05, 3.63) is 54.6 Å². The molecule has 0 amide bonds. The van der Waals surface area contributed by atoms with E-state index in [1.54, 1.807) is 7.11 Å². The van der Waals surface area contributed by atoms with E-state index >= 15 is 0 Å². The molecule has 1 saturated heterocycles. The van der Waals surface area contributed by atoms with Gasteiger partial charge in [0.15, 0.2) is 0 Å². The van der Waals surface area contributed by atoms with Gasteiger partial charge in [0.1, 0.15) is 11.6 Å². The Morgan fingerprint density at radius 3 is 2.31 bits per heavy atom. The van der Waals surface area contributed by atoms with Crippen molar-refractivity contribution in [1.82, 2.24) is 9.88 Å². The number of nitrogens with zero attached hydrogens (tertiary/aromatic N) is 3. The van der Waals surface area contributed by atoms with Gasteiger partial charge in [-0.05, 0) is 35.7 Å². The molecule has 7 heteroatoms. The lowest BCUT2D eigenvalue weighted by Gasteiger charge is -2.35. The summed E-state index contributed by atoms with van der Waals surface area (Å²) in [4.78, 5) is 9.70. The summed E-state index contributed by atoms with van der Waals surface area (Å²) < 4.78 is 5.27. The van der Waals surface area contributed by atoms with E-state index in [0.717, 1.165) is 55.5 Å². The SMILES string of the molecule is COc1ccc(-c2cc3ccccc3c(N3CCN(CCO)CC3)n2)cc1.Cl.Cl. The van der Waals surface area contributed by atoms with Gasteiger partial charge in [-0.15, -0.1) is 24.8 Å². The summed E-state index contributed by atoms with van der Waals surface area (Å²) in [5.41, 5.74) is 2.06. The fraction of sp³-hybridized carbons (Fsp3) is 0.318. The third kappa shape index (κ3) is 5.11. The lowest BCUT2D eigenvalue weighted by atomic mass is 10.1. The molecule has 3 aromatic rings. The van der Waals surface area contributed by atoms with E-state index in [9.17, 15) is 0 Å². The number of aliphatic hydroxyl groups is 1. The summed E-state index contributed by atoms with van der Waals surface area (Å²) in [5, 5.41) is 11.6.